The molecule has 14 heavy (non-hydrogen) atoms. The number of aromatic nitrogens is 2. The van der Waals surface area contributed by atoms with E-state index in [4.69, 9.17) is 0 Å². The quantitative estimate of drug-likeness (QED) is 0.738. The van der Waals surface area contributed by atoms with Crippen molar-refractivity contribution in [3.63, 3.8) is 0 Å². The number of hydrogen-bond donors (Lipinski definition) is 2. The van der Waals surface area contributed by atoms with E-state index in [1.54, 1.807) is 6.92 Å². The lowest BCUT2D eigenvalue weighted by atomic mass is 10.1. The minimum absolute atomic E-state index is 0.158. The van der Waals surface area contributed by atoms with Crippen LogP contribution in [-0.2, 0) is 11.2 Å². The zero-order chi connectivity index (χ0) is 10.1. The fourth-order valence-electron chi connectivity index (χ4n) is 1.44. The predicted octanol–water partition coefficient (Wildman–Crippen LogP) is 1.98. The fourth-order valence-corrected chi connectivity index (χ4v) is 1.66. The van der Waals surface area contributed by atoms with Gasteiger partial charge in [0.2, 0.25) is 0 Å². The summed E-state index contributed by atoms with van der Waals surface area (Å²) in [4.78, 5) is 18.1. The molecule has 0 spiro atoms. The summed E-state index contributed by atoms with van der Waals surface area (Å²) in [5, 5.41) is 0.597. The van der Waals surface area contributed by atoms with Crippen LogP contribution in [0.2, 0.25) is 0 Å². The average Bonchev–Trinajstić information content (AvgIpc) is 2.42. The van der Waals surface area contributed by atoms with Crippen LogP contribution in [0.15, 0.2) is 23.4 Å². The topological polar surface area (TPSA) is 45.8 Å². The molecule has 0 saturated carbocycles. The summed E-state index contributed by atoms with van der Waals surface area (Å²) < 4.78 is 0. The standard InChI is InChI=1S/C10H10N2OS/c1-6(13)4-7-2-3-8-9(5-7)12-10(14)11-8/h2-3,5H,4H2,1H3,(H2,11,12,14). The number of ketones is 1. The highest BCUT2D eigenvalue weighted by molar-refractivity contribution is 7.80. The van der Waals surface area contributed by atoms with Crippen LogP contribution in [0.5, 0.6) is 0 Å². The van der Waals surface area contributed by atoms with Gasteiger partial charge in [0, 0.05) is 6.42 Å². The second kappa shape index (κ2) is 3.46. The first-order chi connectivity index (χ1) is 6.65. The first-order valence-electron chi connectivity index (χ1n) is 4.32. The molecule has 2 rings (SSSR count). The highest BCUT2D eigenvalue weighted by atomic mass is 32.1. The van der Waals surface area contributed by atoms with Crippen molar-refractivity contribution in [1.82, 2.24) is 9.97 Å². The lowest BCUT2D eigenvalue weighted by Crippen LogP contribution is -1.95. The number of thiol groups is 1. The normalized spacial score (nSPS) is 10.7. The molecule has 0 fully saturated rings. The molecule has 1 aromatic heterocycles. The van der Waals surface area contributed by atoms with Gasteiger partial charge >= 0.3 is 0 Å². The van der Waals surface area contributed by atoms with Crippen LogP contribution in [0.3, 0.4) is 0 Å². The number of nitrogens with one attached hydrogen (secondary N) is 1. The predicted molar refractivity (Wildman–Crippen MR) is 57.7 cm³/mol. The summed E-state index contributed by atoms with van der Waals surface area (Å²) in [6.07, 6.45) is 0.463. The minimum atomic E-state index is 0.158. The molecular weight excluding hydrogens is 196 g/mol. The Morgan fingerprint density at radius 1 is 1.57 bits per heavy atom. The highest BCUT2D eigenvalue weighted by Gasteiger charge is 2.02. The Labute approximate surface area is 87.0 Å². The summed E-state index contributed by atoms with van der Waals surface area (Å²) in [6.45, 7) is 1.58. The number of nitrogens with zero attached hydrogens (tertiary/aromatic N) is 1. The largest absolute Gasteiger partial charge is 0.333 e. The van der Waals surface area contributed by atoms with Gasteiger partial charge in [0.25, 0.3) is 0 Å². The Balaban J connectivity index is 2.45. The summed E-state index contributed by atoms with van der Waals surface area (Å²) >= 11 is 4.11. The van der Waals surface area contributed by atoms with Crippen molar-refractivity contribution < 1.29 is 4.79 Å². The lowest BCUT2D eigenvalue weighted by molar-refractivity contribution is -0.116. The number of imidazole rings is 1. The zero-order valence-corrected chi connectivity index (χ0v) is 8.64. The number of carbonyl (C=O) groups is 1. The summed E-state index contributed by atoms with van der Waals surface area (Å²) in [5.74, 6) is 0.158. The highest BCUT2D eigenvalue weighted by Crippen LogP contribution is 2.15. The fraction of sp³-hybridized carbons (Fsp3) is 0.200. The third kappa shape index (κ3) is 1.80. The SMILES string of the molecule is CC(=O)Cc1ccc2[nH]c(S)nc2c1. The Morgan fingerprint density at radius 2 is 2.36 bits per heavy atom. The molecule has 1 heterocycles. The van der Waals surface area contributed by atoms with Crippen LogP contribution in [0.1, 0.15) is 12.5 Å². The number of fused-ring (bicyclic) bond motifs is 1. The van der Waals surface area contributed by atoms with Crippen molar-refractivity contribution >= 4 is 29.4 Å². The number of benzene rings is 1. The van der Waals surface area contributed by atoms with E-state index in [0.29, 0.717) is 11.6 Å². The lowest BCUT2D eigenvalue weighted by Gasteiger charge is -1.96. The van der Waals surface area contributed by atoms with E-state index in [9.17, 15) is 4.79 Å². The van der Waals surface area contributed by atoms with Crippen molar-refractivity contribution in [3.8, 4) is 0 Å². The van der Waals surface area contributed by atoms with Crippen LogP contribution in [-0.4, -0.2) is 15.8 Å². The molecule has 4 heteroatoms. The molecule has 0 bridgehead atoms. The second-order valence-electron chi connectivity index (χ2n) is 3.29. The van der Waals surface area contributed by atoms with Gasteiger partial charge < -0.3 is 4.98 Å². The molecule has 72 valence electrons. The number of H-pyrrole nitrogens is 1. The molecule has 1 aromatic carbocycles. The van der Waals surface area contributed by atoms with Gasteiger partial charge in [-0.3, -0.25) is 4.79 Å². The van der Waals surface area contributed by atoms with Gasteiger partial charge in [-0.2, -0.15) is 0 Å². The first-order valence-corrected chi connectivity index (χ1v) is 4.77. The molecule has 0 aliphatic rings. The molecule has 0 atom stereocenters. The van der Waals surface area contributed by atoms with Gasteiger partial charge in [-0.1, -0.05) is 6.07 Å². The molecule has 0 radical (unpaired) electrons. The van der Waals surface area contributed by atoms with Gasteiger partial charge in [-0.25, -0.2) is 4.98 Å². The van der Waals surface area contributed by atoms with E-state index < -0.39 is 0 Å². The Hall–Kier alpha value is -1.29. The number of carbonyl (C=O) groups excluding carboxylic acids is 1. The maximum atomic E-state index is 10.9. The first kappa shape index (κ1) is 9.27. The molecular formula is C10H10N2OS. The van der Waals surface area contributed by atoms with Crippen molar-refractivity contribution in [2.75, 3.05) is 0 Å². The van der Waals surface area contributed by atoms with E-state index in [1.165, 1.54) is 0 Å². The van der Waals surface area contributed by atoms with Crippen molar-refractivity contribution in [2.45, 2.75) is 18.5 Å². The average molecular weight is 206 g/mol. The Bertz CT molecular complexity index is 490. The van der Waals surface area contributed by atoms with Crippen molar-refractivity contribution in [1.29, 1.82) is 0 Å². The third-order valence-corrected chi connectivity index (χ3v) is 2.20. The van der Waals surface area contributed by atoms with E-state index >= 15 is 0 Å². The van der Waals surface area contributed by atoms with E-state index in [1.807, 2.05) is 18.2 Å². The van der Waals surface area contributed by atoms with Gasteiger partial charge in [0.05, 0.1) is 11.0 Å². The van der Waals surface area contributed by atoms with Crippen LogP contribution in [0.25, 0.3) is 11.0 Å². The van der Waals surface area contributed by atoms with Crippen LogP contribution < -0.4 is 0 Å². The van der Waals surface area contributed by atoms with E-state index in [2.05, 4.69) is 22.6 Å². The smallest absolute Gasteiger partial charge is 0.163 e. The van der Waals surface area contributed by atoms with Gasteiger partial charge in [0.15, 0.2) is 5.16 Å². The molecule has 0 aliphatic carbocycles. The molecule has 0 unspecified atom stereocenters. The molecule has 3 nitrogen and oxygen atoms in total. The Kier molecular flexibility index (Phi) is 2.29. The van der Waals surface area contributed by atoms with E-state index in [-0.39, 0.29) is 5.78 Å². The monoisotopic (exact) mass is 206 g/mol. The van der Waals surface area contributed by atoms with Crippen LogP contribution in [0.4, 0.5) is 0 Å². The van der Waals surface area contributed by atoms with Gasteiger partial charge in [0.1, 0.15) is 5.78 Å². The zero-order valence-electron chi connectivity index (χ0n) is 7.74. The molecule has 0 amide bonds. The summed E-state index contributed by atoms with van der Waals surface area (Å²) in [7, 11) is 0. The summed E-state index contributed by atoms with van der Waals surface area (Å²) in [5.41, 5.74) is 2.79. The van der Waals surface area contributed by atoms with Crippen molar-refractivity contribution in [3.05, 3.63) is 23.8 Å². The second-order valence-corrected chi connectivity index (χ2v) is 3.71. The van der Waals surface area contributed by atoms with Crippen LogP contribution >= 0.6 is 12.6 Å². The third-order valence-electron chi connectivity index (χ3n) is 1.99. The van der Waals surface area contributed by atoms with Crippen molar-refractivity contribution in [2.24, 2.45) is 0 Å². The maximum absolute atomic E-state index is 10.9. The van der Waals surface area contributed by atoms with E-state index in [0.717, 1.165) is 16.6 Å². The molecule has 0 aliphatic heterocycles. The number of rotatable bonds is 2. The molecule has 1 N–H and O–H groups in total. The number of hydrogen-bond acceptors (Lipinski definition) is 3. The van der Waals surface area contributed by atoms with Gasteiger partial charge in [-0.05, 0) is 24.6 Å². The Morgan fingerprint density at radius 3 is 3.07 bits per heavy atom. The number of aromatic amines is 1. The number of Topliss-reactive ketones (excluding diaryl/α,β-unsaturated/α-hetero) is 1. The van der Waals surface area contributed by atoms with Gasteiger partial charge in [-0.15, -0.1) is 12.6 Å². The van der Waals surface area contributed by atoms with Crippen LogP contribution in [0, 0.1) is 0 Å². The molecule has 2 aromatic rings. The summed E-state index contributed by atoms with van der Waals surface area (Å²) in [6, 6.07) is 5.75. The molecule has 0 saturated heterocycles. The maximum Gasteiger partial charge on any atom is 0.163 e. The minimum Gasteiger partial charge on any atom is -0.333 e.